The van der Waals surface area contributed by atoms with Crippen LogP contribution in [0.25, 0.3) is 10.4 Å². The zero-order valence-electron chi connectivity index (χ0n) is 23.4. The van der Waals surface area contributed by atoms with E-state index in [2.05, 4.69) is 77.8 Å². The number of hydrogen-bond donors (Lipinski definition) is 1. The molecule has 0 aliphatic carbocycles. The van der Waals surface area contributed by atoms with E-state index in [1.165, 1.54) is 0 Å². The largest absolute Gasteiger partial charge is 0.455 e. The first-order valence-electron chi connectivity index (χ1n) is 12.2. The van der Waals surface area contributed by atoms with Crippen LogP contribution in [0.1, 0.15) is 55.4 Å². The first-order valence-corrected chi connectivity index (χ1v) is 18.1. The van der Waals surface area contributed by atoms with Crippen molar-refractivity contribution in [3.05, 3.63) is 10.4 Å². The van der Waals surface area contributed by atoms with E-state index in [1.54, 1.807) is 13.8 Å². The molecular weight excluding hydrogens is 486 g/mol. The van der Waals surface area contributed by atoms with Gasteiger partial charge in [0.15, 0.2) is 34.6 Å². The second-order valence-corrected chi connectivity index (χ2v) is 22.6. The fourth-order valence-corrected chi connectivity index (χ4v) is 6.19. The number of carbonyl (C=O) groups excluding carboxylic acids is 1. The Bertz CT molecular complexity index is 832. The molecule has 2 aliphatic rings. The molecule has 2 rings (SSSR count). The Morgan fingerprint density at radius 3 is 2.03 bits per heavy atom. The van der Waals surface area contributed by atoms with E-state index in [9.17, 15) is 9.90 Å². The van der Waals surface area contributed by atoms with Gasteiger partial charge in [-0.1, -0.05) is 46.7 Å². The van der Waals surface area contributed by atoms with Crippen LogP contribution in [0.4, 0.5) is 0 Å². The summed E-state index contributed by atoms with van der Waals surface area (Å²) in [4.78, 5) is 16.0. The average Bonchev–Trinajstić information content (AvgIpc) is 3.14. The van der Waals surface area contributed by atoms with Crippen molar-refractivity contribution >= 4 is 22.6 Å². The summed E-state index contributed by atoms with van der Waals surface area (Å²) in [5.41, 5.74) is 8.70. The maximum atomic E-state index is 13.3. The predicted molar refractivity (Wildman–Crippen MR) is 138 cm³/mol. The lowest BCUT2D eigenvalue weighted by atomic mass is 9.98. The van der Waals surface area contributed by atoms with Crippen LogP contribution in [-0.2, 0) is 27.9 Å². The molecule has 2 saturated heterocycles. The fraction of sp³-hybridized carbons (Fsp3) is 0.957. The molecule has 35 heavy (non-hydrogen) atoms. The topological polar surface area (TPSA) is 132 Å². The van der Waals surface area contributed by atoms with Gasteiger partial charge in [-0.15, -0.1) is 0 Å². The van der Waals surface area contributed by atoms with Crippen LogP contribution >= 0.6 is 0 Å². The standard InChI is InChI=1S/C23H45N3O7Si2/c1-21(2,3)34(9,10)32-18-16(29-20(28)19(18)33-35(11,12)22(4,5)6)17-15(14(27)13-25-26-24)30-23(7,8)31-17/h14-19,27H,13H2,1-12H3/t14-,15-,16-,17+,18-,19+/m1/s1. The Balaban J connectivity index is 2.51. The maximum Gasteiger partial charge on any atom is 0.337 e. The van der Waals surface area contributed by atoms with Gasteiger partial charge in [-0.25, -0.2) is 4.79 Å². The number of nitrogens with zero attached hydrogens (tertiary/aromatic N) is 3. The molecule has 0 amide bonds. The molecule has 0 spiro atoms. The SMILES string of the molecule is CC1(C)O[C@H]([C@H]2OC(=O)[C@@H](O[Si](C)(C)C(C)(C)C)[C@@H]2O[Si](C)(C)C(C)(C)C)[C@@H]([C@H](O)CN=[N+]=[N-])O1. The van der Waals surface area contributed by atoms with Crippen molar-refractivity contribution in [1.82, 2.24) is 0 Å². The van der Waals surface area contributed by atoms with E-state index in [4.69, 9.17) is 28.6 Å². The molecule has 0 aromatic rings. The molecule has 2 heterocycles. The van der Waals surface area contributed by atoms with Crippen LogP contribution in [-0.4, -0.2) is 76.7 Å². The first-order chi connectivity index (χ1) is 15.6. The van der Waals surface area contributed by atoms with E-state index in [1.807, 2.05) is 0 Å². The number of aliphatic hydroxyl groups is 1. The van der Waals surface area contributed by atoms with Gasteiger partial charge >= 0.3 is 5.97 Å². The van der Waals surface area contributed by atoms with Crippen LogP contribution in [0.15, 0.2) is 5.11 Å². The molecule has 0 bridgehead atoms. The van der Waals surface area contributed by atoms with Crippen molar-refractivity contribution < 1.29 is 33.0 Å². The zero-order valence-corrected chi connectivity index (χ0v) is 25.4. The lowest BCUT2D eigenvalue weighted by molar-refractivity contribution is -0.168. The number of azide groups is 1. The molecule has 0 radical (unpaired) electrons. The van der Waals surface area contributed by atoms with Gasteiger partial charge in [0.2, 0.25) is 0 Å². The van der Waals surface area contributed by atoms with Crippen LogP contribution in [0.5, 0.6) is 0 Å². The summed E-state index contributed by atoms with van der Waals surface area (Å²) in [5, 5.41) is 14.0. The number of cyclic esters (lactones) is 1. The number of ether oxygens (including phenoxy) is 3. The Labute approximate surface area is 211 Å². The Kier molecular flexibility index (Phi) is 8.69. The summed E-state index contributed by atoms with van der Waals surface area (Å²) < 4.78 is 31.4. The highest BCUT2D eigenvalue weighted by molar-refractivity contribution is 6.74. The molecule has 0 aromatic heterocycles. The summed E-state index contributed by atoms with van der Waals surface area (Å²) in [5.74, 6) is -1.54. The third-order valence-electron chi connectivity index (χ3n) is 7.77. The van der Waals surface area contributed by atoms with E-state index in [-0.39, 0.29) is 16.6 Å². The lowest BCUT2D eigenvalue weighted by Crippen LogP contribution is -2.56. The van der Waals surface area contributed by atoms with Crippen LogP contribution in [0, 0.1) is 0 Å². The van der Waals surface area contributed by atoms with E-state index >= 15 is 0 Å². The molecule has 10 nitrogen and oxygen atoms in total. The molecule has 1 N–H and O–H groups in total. The van der Waals surface area contributed by atoms with Crippen molar-refractivity contribution in [1.29, 1.82) is 0 Å². The van der Waals surface area contributed by atoms with Gasteiger partial charge in [0.05, 0.1) is 12.6 Å². The minimum Gasteiger partial charge on any atom is -0.455 e. The third-order valence-corrected chi connectivity index (χ3v) is 16.7. The predicted octanol–water partition coefficient (Wildman–Crippen LogP) is 4.88. The number of aliphatic hydroxyl groups excluding tert-OH is 1. The highest BCUT2D eigenvalue weighted by atomic mass is 28.4. The van der Waals surface area contributed by atoms with Gasteiger partial charge in [-0.2, -0.15) is 0 Å². The van der Waals surface area contributed by atoms with Gasteiger partial charge in [-0.3, -0.25) is 0 Å². The summed E-state index contributed by atoms with van der Waals surface area (Å²) in [6.45, 7) is 24.4. The van der Waals surface area contributed by atoms with Crippen molar-refractivity contribution in [2.75, 3.05) is 6.54 Å². The summed E-state index contributed by atoms with van der Waals surface area (Å²) in [6.07, 6.45) is -5.39. The number of esters is 1. The first kappa shape index (κ1) is 30.2. The van der Waals surface area contributed by atoms with Gasteiger partial charge in [0.25, 0.3) is 0 Å². The maximum absolute atomic E-state index is 13.3. The van der Waals surface area contributed by atoms with E-state index in [0.717, 1.165) is 0 Å². The third kappa shape index (κ3) is 6.67. The summed E-state index contributed by atoms with van der Waals surface area (Å²) >= 11 is 0. The Morgan fingerprint density at radius 2 is 1.54 bits per heavy atom. The van der Waals surface area contributed by atoms with E-state index < -0.39 is 65.0 Å². The second-order valence-electron chi connectivity index (χ2n) is 13.1. The fourth-order valence-electron chi connectivity index (χ4n) is 3.68. The van der Waals surface area contributed by atoms with Crippen molar-refractivity contribution in [3.8, 4) is 0 Å². The molecule has 2 aliphatic heterocycles. The highest BCUT2D eigenvalue weighted by Crippen LogP contribution is 2.45. The molecule has 12 heteroatoms. The van der Waals surface area contributed by atoms with Gasteiger partial charge in [0.1, 0.15) is 18.3 Å². The number of carbonyl (C=O) groups is 1. The Morgan fingerprint density at radius 1 is 1.03 bits per heavy atom. The molecule has 2 fully saturated rings. The molecular formula is C23H45N3O7Si2. The van der Waals surface area contributed by atoms with Crippen LogP contribution in [0.2, 0.25) is 36.3 Å². The highest BCUT2D eigenvalue weighted by Gasteiger charge is 2.60. The molecule has 0 unspecified atom stereocenters. The van der Waals surface area contributed by atoms with Gasteiger partial charge < -0.3 is 28.2 Å². The number of rotatable bonds is 8. The van der Waals surface area contributed by atoms with E-state index in [0.29, 0.717) is 0 Å². The minimum atomic E-state index is -2.38. The summed E-state index contributed by atoms with van der Waals surface area (Å²) in [6, 6.07) is 0. The van der Waals surface area contributed by atoms with Gasteiger partial charge in [-0.05, 0) is 55.6 Å². The quantitative estimate of drug-likeness (QED) is 0.155. The number of hydrogen-bond acceptors (Lipinski definition) is 8. The Hall–Kier alpha value is -0.986. The lowest BCUT2D eigenvalue weighted by Gasteiger charge is -2.43. The monoisotopic (exact) mass is 531 g/mol. The minimum absolute atomic E-state index is 0.128. The van der Waals surface area contributed by atoms with Crippen LogP contribution in [0.3, 0.4) is 0 Å². The molecule has 0 saturated carbocycles. The summed E-state index contributed by atoms with van der Waals surface area (Å²) in [7, 11) is -4.75. The normalized spacial score (nSPS) is 30.7. The molecule has 0 aromatic carbocycles. The van der Waals surface area contributed by atoms with Gasteiger partial charge in [0, 0.05) is 4.91 Å². The van der Waals surface area contributed by atoms with Crippen molar-refractivity contribution in [2.24, 2.45) is 5.11 Å². The van der Waals surface area contributed by atoms with Crippen molar-refractivity contribution in [2.45, 2.75) is 134 Å². The molecule has 202 valence electrons. The zero-order chi connectivity index (χ0) is 27.2. The smallest absolute Gasteiger partial charge is 0.337 e. The molecule has 6 atom stereocenters. The van der Waals surface area contributed by atoms with Crippen LogP contribution < -0.4 is 0 Å². The second kappa shape index (κ2) is 10.1. The average molecular weight is 532 g/mol. The van der Waals surface area contributed by atoms with Crippen molar-refractivity contribution in [3.63, 3.8) is 0 Å².